The first-order valence-electron chi connectivity index (χ1n) is 6.67. The quantitative estimate of drug-likeness (QED) is 0.891. The van der Waals surface area contributed by atoms with Crippen LogP contribution in [0.25, 0.3) is 0 Å². The average molecular weight is 318 g/mol. The van der Waals surface area contributed by atoms with Gasteiger partial charge in [-0.3, -0.25) is 4.90 Å². The molecule has 0 atom stereocenters. The smallest absolute Gasteiger partial charge is 0.138 e. The van der Waals surface area contributed by atoms with Crippen molar-refractivity contribution in [2.24, 2.45) is 0 Å². The Bertz CT molecular complexity index is 499. The number of nitrogens with zero attached hydrogens (tertiary/aromatic N) is 1. The van der Waals surface area contributed by atoms with Crippen LogP contribution >= 0.6 is 23.2 Å². The summed E-state index contributed by atoms with van der Waals surface area (Å²) in [4.78, 5) is 2.26. The zero-order chi connectivity index (χ0) is 15.1. The highest BCUT2D eigenvalue weighted by Crippen LogP contribution is 2.34. The summed E-state index contributed by atoms with van der Waals surface area (Å²) in [7, 11) is 0. The molecule has 0 spiro atoms. The first kappa shape index (κ1) is 15.9. The zero-order valence-electron chi connectivity index (χ0n) is 12.3. The van der Waals surface area contributed by atoms with Gasteiger partial charge in [-0.2, -0.15) is 0 Å². The van der Waals surface area contributed by atoms with Crippen LogP contribution in [0.2, 0.25) is 10.0 Å². The van der Waals surface area contributed by atoms with E-state index in [2.05, 4.69) is 32.6 Å². The average Bonchev–Trinajstić information content (AvgIpc) is 2.20. The van der Waals surface area contributed by atoms with E-state index in [0.717, 1.165) is 18.7 Å². The molecular formula is C15H21Cl2NO2. The number of benzene rings is 1. The van der Waals surface area contributed by atoms with Gasteiger partial charge in [0.15, 0.2) is 0 Å². The Morgan fingerprint density at radius 3 is 2.25 bits per heavy atom. The van der Waals surface area contributed by atoms with Gasteiger partial charge in [0.25, 0.3) is 0 Å². The zero-order valence-corrected chi connectivity index (χ0v) is 13.8. The Morgan fingerprint density at radius 1 is 1.15 bits per heavy atom. The van der Waals surface area contributed by atoms with Gasteiger partial charge in [0.2, 0.25) is 0 Å². The van der Waals surface area contributed by atoms with Crippen LogP contribution in [0.5, 0.6) is 5.75 Å². The molecule has 3 nitrogen and oxygen atoms in total. The number of aromatic hydroxyl groups is 1. The molecule has 0 aromatic heterocycles. The molecule has 1 aliphatic heterocycles. The molecule has 1 aliphatic rings. The van der Waals surface area contributed by atoms with E-state index in [-0.39, 0.29) is 17.0 Å². The molecule has 0 saturated carbocycles. The van der Waals surface area contributed by atoms with Crippen LogP contribution < -0.4 is 0 Å². The second-order valence-corrected chi connectivity index (χ2v) is 7.51. The van der Waals surface area contributed by atoms with Gasteiger partial charge in [0.05, 0.1) is 16.2 Å². The maximum Gasteiger partial charge on any atom is 0.138 e. The normalized spacial score (nSPS) is 21.9. The van der Waals surface area contributed by atoms with Crippen LogP contribution in [0.4, 0.5) is 0 Å². The van der Waals surface area contributed by atoms with Crippen LogP contribution in [0.1, 0.15) is 33.3 Å². The highest BCUT2D eigenvalue weighted by molar-refractivity contribution is 6.35. The molecule has 112 valence electrons. The SMILES string of the molecule is CC1(C)CN(Cc2cc(Cl)cc(Cl)c2O)CC(C)(C)O1. The maximum atomic E-state index is 10.1. The van der Waals surface area contributed by atoms with Crippen LogP contribution in [0, 0.1) is 0 Å². The number of phenolic OH excluding ortho intramolecular Hbond substituents is 1. The number of morpholine rings is 1. The monoisotopic (exact) mass is 317 g/mol. The standard InChI is InChI=1S/C15H21Cl2NO2/c1-14(2)8-18(9-15(3,4)20-14)7-10-5-11(16)6-12(17)13(10)19/h5-6,19H,7-9H2,1-4H3. The van der Waals surface area contributed by atoms with Gasteiger partial charge in [0.1, 0.15) is 5.75 Å². The number of rotatable bonds is 2. The van der Waals surface area contributed by atoms with E-state index in [9.17, 15) is 5.11 Å². The lowest BCUT2D eigenvalue weighted by atomic mass is 9.98. The fourth-order valence-corrected chi connectivity index (χ4v) is 3.57. The van der Waals surface area contributed by atoms with Gasteiger partial charge in [-0.15, -0.1) is 0 Å². The summed E-state index contributed by atoms with van der Waals surface area (Å²) in [6.07, 6.45) is 0. The van der Waals surface area contributed by atoms with Gasteiger partial charge < -0.3 is 9.84 Å². The Hall–Kier alpha value is -0.480. The Kier molecular flexibility index (Phi) is 4.27. The van der Waals surface area contributed by atoms with Crippen molar-refractivity contribution in [2.45, 2.75) is 45.4 Å². The largest absolute Gasteiger partial charge is 0.506 e. The molecule has 0 radical (unpaired) electrons. The molecule has 5 heteroatoms. The van der Waals surface area contributed by atoms with E-state index >= 15 is 0 Å². The molecule has 2 rings (SSSR count). The first-order chi connectivity index (χ1) is 9.08. The van der Waals surface area contributed by atoms with Gasteiger partial charge in [0, 0.05) is 30.2 Å². The summed E-state index contributed by atoms with van der Waals surface area (Å²) >= 11 is 12.0. The highest BCUT2D eigenvalue weighted by Gasteiger charge is 2.38. The number of hydrogen-bond donors (Lipinski definition) is 1. The van der Waals surface area contributed by atoms with Crippen LogP contribution in [0.15, 0.2) is 12.1 Å². The summed E-state index contributed by atoms with van der Waals surface area (Å²) in [6.45, 7) is 10.5. The summed E-state index contributed by atoms with van der Waals surface area (Å²) in [5.41, 5.74) is 0.301. The molecule has 1 N–H and O–H groups in total. The summed E-state index contributed by atoms with van der Waals surface area (Å²) in [5, 5.41) is 10.9. The van der Waals surface area contributed by atoms with Gasteiger partial charge in [-0.25, -0.2) is 0 Å². The highest BCUT2D eigenvalue weighted by atomic mass is 35.5. The molecular weight excluding hydrogens is 297 g/mol. The van der Waals surface area contributed by atoms with E-state index in [0.29, 0.717) is 16.6 Å². The molecule has 0 aliphatic carbocycles. The molecule has 1 saturated heterocycles. The second-order valence-electron chi connectivity index (χ2n) is 6.66. The lowest BCUT2D eigenvalue weighted by Crippen LogP contribution is -2.56. The molecule has 0 bridgehead atoms. The van der Waals surface area contributed by atoms with E-state index in [1.165, 1.54) is 0 Å². The van der Waals surface area contributed by atoms with Crippen molar-refractivity contribution in [3.63, 3.8) is 0 Å². The van der Waals surface area contributed by atoms with Gasteiger partial charge in [-0.05, 0) is 39.8 Å². The number of halogens is 2. The van der Waals surface area contributed by atoms with E-state index in [1.54, 1.807) is 12.1 Å². The molecule has 20 heavy (non-hydrogen) atoms. The van der Waals surface area contributed by atoms with Gasteiger partial charge in [-0.1, -0.05) is 23.2 Å². The molecule has 1 aromatic rings. The predicted octanol–water partition coefficient (Wildman–Crippen LogP) is 4.09. The Morgan fingerprint density at radius 2 is 1.70 bits per heavy atom. The minimum atomic E-state index is -0.222. The van der Waals surface area contributed by atoms with E-state index in [1.807, 2.05) is 0 Å². The lowest BCUT2D eigenvalue weighted by molar-refractivity contribution is -0.182. The number of phenols is 1. The fourth-order valence-electron chi connectivity index (χ4n) is 3.04. The Balaban J connectivity index is 2.22. The van der Waals surface area contributed by atoms with Crippen LogP contribution in [-0.2, 0) is 11.3 Å². The number of ether oxygens (including phenoxy) is 1. The van der Waals surface area contributed by atoms with E-state index < -0.39 is 0 Å². The number of hydrogen-bond acceptors (Lipinski definition) is 3. The molecule has 0 amide bonds. The Labute approximate surface area is 130 Å². The minimum absolute atomic E-state index is 0.109. The molecule has 1 fully saturated rings. The van der Waals surface area contributed by atoms with E-state index in [4.69, 9.17) is 27.9 Å². The topological polar surface area (TPSA) is 32.7 Å². The molecule has 0 unspecified atom stereocenters. The molecule has 1 heterocycles. The van der Waals surface area contributed by atoms with Crippen molar-refractivity contribution < 1.29 is 9.84 Å². The van der Waals surface area contributed by atoms with Crippen molar-refractivity contribution in [3.8, 4) is 5.75 Å². The molecule has 1 aromatic carbocycles. The third-order valence-electron chi connectivity index (χ3n) is 3.26. The minimum Gasteiger partial charge on any atom is -0.506 e. The van der Waals surface area contributed by atoms with Crippen molar-refractivity contribution in [1.82, 2.24) is 4.90 Å². The maximum absolute atomic E-state index is 10.1. The summed E-state index contributed by atoms with van der Waals surface area (Å²) in [5.74, 6) is 0.109. The van der Waals surface area contributed by atoms with Crippen LogP contribution in [-0.4, -0.2) is 34.3 Å². The summed E-state index contributed by atoms with van der Waals surface area (Å²) < 4.78 is 6.05. The summed E-state index contributed by atoms with van der Waals surface area (Å²) in [6, 6.07) is 3.31. The fraction of sp³-hybridized carbons (Fsp3) is 0.600. The lowest BCUT2D eigenvalue weighted by Gasteiger charge is -2.47. The van der Waals surface area contributed by atoms with Crippen molar-refractivity contribution in [3.05, 3.63) is 27.7 Å². The van der Waals surface area contributed by atoms with Crippen molar-refractivity contribution in [1.29, 1.82) is 0 Å². The second kappa shape index (κ2) is 5.38. The van der Waals surface area contributed by atoms with Gasteiger partial charge >= 0.3 is 0 Å². The first-order valence-corrected chi connectivity index (χ1v) is 7.43. The van der Waals surface area contributed by atoms with Crippen LogP contribution in [0.3, 0.4) is 0 Å². The van der Waals surface area contributed by atoms with Crippen molar-refractivity contribution >= 4 is 23.2 Å². The van der Waals surface area contributed by atoms with Crippen molar-refractivity contribution in [2.75, 3.05) is 13.1 Å². The predicted molar refractivity (Wildman–Crippen MR) is 82.6 cm³/mol. The third-order valence-corrected chi connectivity index (χ3v) is 3.77. The third kappa shape index (κ3) is 3.79.